The molecule has 2 aromatic heterocycles. The Morgan fingerprint density at radius 3 is 2.79 bits per heavy atom. The maximum absolute atomic E-state index is 12.1. The van der Waals surface area contributed by atoms with Gasteiger partial charge in [-0.05, 0) is 12.1 Å². The third-order valence-electron chi connectivity index (χ3n) is 4.44. The smallest absolute Gasteiger partial charge is 0.409 e. The Kier molecular flexibility index (Phi) is 5.74. The van der Waals surface area contributed by atoms with Gasteiger partial charge in [-0.1, -0.05) is 0 Å². The molecule has 146 valence electrons. The Morgan fingerprint density at radius 1 is 1.39 bits per heavy atom. The first kappa shape index (κ1) is 19.2. The molecule has 3 heterocycles. The Hall–Kier alpha value is -3.61. The molecule has 10 heteroatoms. The molecule has 28 heavy (non-hydrogen) atoms. The Bertz CT molecular complexity index is 956. The molecule has 0 atom stereocenters. The van der Waals surface area contributed by atoms with E-state index in [4.69, 9.17) is 15.7 Å². The van der Waals surface area contributed by atoms with Crippen molar-refractivity contribution in [2.45, 2.75) is 0 Å². The SMILES string of the molecule is N#CC(=Cc1c[nH]c2ncc(N3CCN(C(=O)OCCF)CC3)cc12)C(N)=O. The van der Waals surface area contributed by atoms with Gasteiger partial charge in [0.15, 0.2) is 0 Å². The molecule has 0 unspecified atom stereocenters. The fourth-order valence-corrected chi connectivity index (χ4v) is 2.98. The average molecular weight is 386 g/mol. The Morgan fingerprint density at radius 2 is 2.14 bits per heavy atom. The number of halogens is 1. The lowest BCUT2D eigenvalue weighted by atomic mass is 10.1. The van der Waals surface area contributed by atoms with Gasteiger partial charge >= 0.3 is 6.09 Å². The number of nitrogens with one attached hydrogen (secondary N) is 1. The zero-order valence-corrected chi connectivity index (χ0v) is 15.0. The van der Waals surface area contributed by atoms with E-state index in [-0.39, 0.29) is 12.2 Å². The number of piperazine rings is 1. The number of anilines is 1. The molecule has 0 aromatic carbocycles. The number of aromatic amines is 1. The molecule has 3 rings (SSSR count). The number of pyridine rings is 1. The van der Waals surface area contributed by atoms with Gasteiger partial charge in [0.05, 0.1) is 11.9 Å². The minimum Gasteiger partial charge on any atom is -0.447 e. The molecule has 0 radical (unpaired) electrons. The summed E-state index contributed by atoms with van der Waals surface area (Å²) in [6.07, 6.45) is 4.27. The van der Waals surface area contributed by atoms with Crippen LogP contribution in [0.3, 0.4) is 0 Å². The predicted octanol–water partition coefficient (Wildman–Crippen LogP) is 1.18. The Balaban J connectivity index is 1.77. The van der Waals surface area contributed by atoms with Crippen molar-refractivity contribution in [3.8, 4) is 6.07 Å². The van der Waals surface area contributed by atoms with Gasteiger partial charge in [0, 0.05) is 43.3 Å². The number of hydrogen-bond acceptors (Lipinski definition) is 6. The number of alkyl halides is 1. The standard InChI is InChI=1S/C18H19FN6O3/c19-1-6-28-18(27)25-4-2-24(3-5-25)14-8-15-13(7-12(9-20)16(21)26)10-22-17(15)23-11-14/h7-8,10-11H,1-6H2,(H2,21,26)(H,22,23). The van der Waals surface area contributed by atoms with Gasteiger partial charge in [0.25, 0.3) is 5.91 Å². The van der Waals surface area contributed by atoms with E-state index in [1.165, 1.54) is 11.0 Å². The van der Waals surface area contributed by atoms with Crippen LogP contribution in [0.25, 0.3) is 17.1 Å². The number of fused-ring (bicyclic) bond motifs is 1. The van der Waals surface area contributed by atoms with Gasteiger partial charge in [-0.25, -0.2) is 14.2 Å². The lowest BCUT2D eigenvalue weighted by molar-refractivity contribution is -0.114. The number of nitrogens with two attached hydrogens (primary N) is 1. The highest BCUT2D eigenvalue weighted by Gasteiger charge is 2.23. The second kappa shape index (κ2) is 8.39. The van der Waals surface area contributed by atoms with Crippen LogP contribution in [0, 0.1) is 11.3 Å². The van der Waals surface area contributed by atoms with Crippen LogP contribution in [0.15, 0.2) is 24.0 Å². The number of nitriles is 1. The molecule has 2 aromatic rings. The first-order chi connectivity index (χ1) is 13.5. The van der Waals surface area contributed by atoms with E-state index in [1.54, 1.807) is 18.5 Å². The van der Waals surface area contributed by atoms with Crippen molar-refractivity contribution >= 4 is 34.8 Å². The van der Waals surface area contributed by atoms with Crippen molar-refractivity contribution in [2.24, 2.45) is 5.73 Å². The summed E-state index contributed by atoms with van der Waals surface area (Å²) >= 11 is 0. The van der Waals surface area contributed by atoms with Crippen molar-refractivity contribution in [3.63, 3.8) is 0 Å². The van der Waals surface area contributed by atoms with E-state index in [0.29, 0.717) is 37.4 Å². The van der Waals surface area contributed by atoms with Gasteiger partial charge in [0.2, 0.25) is 0 Å². The zero-order valence-electron chi connectivity index (χ0n) is 15.0. The highest BCUT2D eigenvalue weighted by Crippen LogP contribution is 2.25. The summed E-state index contributed by atoms with van der Waals surface area (Å²) in [7, 11) is 0. The van der Waals surface area contributed by atoms with E-state index >= 15 is 0 Å². The summed E-state index contributed by atoms with van der Waals surface area (Å²) in [5, 5.41) is 9.78. The first-order valence-corrected chi connectivity index (χ1v) is 8.65. The molecule has 0 saturated carbocycles. The summed E-state index contributed by atoms with van der Waals surface area (Å²) in [6.45, 7) is 1.09. The lowest BCUT2D eigenvalue weighted by Gasteiger charge is -2.35. The molecule has 3 N–H and O–H groups in total. The van der Waals surface area contributed by atoms with Crippen molar-refractivity contribution in [2.75, 3.05) is 44.4 Å². The van der Waals surface area contributed by atoms with Gasteiger partial charge in [-0.2, -0.15) is 5.26 Å². The number of aromatic nitrogens is 2. The van der Waals surface area contributed by atoms with Crippen molar-refractivity contribution in [3.05, 3.63) is 29.6 Å². The molecule has 1 saturated heterocycles. The summed E-state index contributed by atoms with van der Waals surface area (Å²) < 4.78 is 16.9. The summed E-state index contributed by atoms with van der Waals surface area (Å²) in [6, 6.07) is 3.68. The molecule has 0 aliphatic carbocycles. The minimum atomic E-state index is -0.795. The number of primary amides is 1. The normalized spacial score (nSPS) is 14.8. The zero-order chi connectivity index (χ0) is 20.1. The fourth-order valence-electron chi connectivity index (χ4n) is 2.98. The molecular formula is C18H19FN6O3. The maximum Gasteiger partial charge on any atom is 0.409 e. The largest absolute Gasteiger partial charge is 0.447 e. The van der Waals surface area contributed by atoms with Gasteiger partial charge < -0.3 is 25.3 Å². The third-order valence-corrected chi connectivity index (χ3v) is 4.44. The average Bonchev–Trinajstić information content (AvgIpc) is 3.12. The number of nitrogens with zero attached hydrogens (tertiary/aromatic N) is 4. The Labute approximate surface area is 160 Å². The van der Waals surface area contributed by atoms with Gasteiger partial charge in [0.1, 0.15) is 30.6 Å². The monoisotopic (exact) mass is 386 g/mol. The van der Waals surface area contributed by atoms with E-state index in [0.717, 1.165) is 11.1 Å². The lowest BCUT2D eigenvalue weighted by Crippen LogP contribution is -2.49. The van der Waals surface area contributed by atoms with Gasteiger partial charge in [-0.3, -0.25) is 4.79 Å². The van der Waals surface area contributed by atoms with E-state index in [9.17, 15) is 14.0 Å². The second-order valence-electron chi connectivity index (χ2n) is 6.15. The van der Waals surface area contributed by atoms with Crippen LogP contribution in [0.2, 0.25) is 0 Å². The quantitative estimate of drug-likeness (QED) is 0.587. The minimum absolute atomic E-state index is 0.147. The molecule has 1 fully saturated rings. The van der Waals surface area contributed by atoms with Gasteiger partial charge in [-0.15, -0.1) is 0 Å². The number of H-pyrrole nitrogens is 1. The van der Waals surface area contributed by atoms with Crippen LogP contribution in [0.5, 0.6) is 0 Å². The molecule has 1 aliphatic rings. The van der Waals surface area contributed by atoms with Crippen LogP contribution in [0.4, 0.5) is 14.9 Å². The molecule has 9 nitrogen and oxygen atoms in total. The van der Waals surface area contributed by atoms with Crippen molar-refractivity contribution in [1.82, 2.24) is 14.9 Å². The summed E-state index contributed by atoms with van der Waals surface area (Å²) in [5.74, 6) is -0.795. The van der Waals surface area contributed by atoms with Crippen LogP contribution in [-0.4, -0.2) is 66.3 Å². The first-order valence-electron chi connectivity index (χ1n) is 8.65. The third kappa shape index (κ3) is 4.03. The van der Waals surface area contributed by atoms with Crippen molar-refractivity contribution in [1.29, 1.82) is 5.26 Å². The van der Waals surface area contributed by atoms with E-state index in [1.807, 2.05) is 6.07 Å². The number of carbonyl (C=O) groups is 2. The number of carbonyl (C=O) groups excluding carboxylic acids is 2. The second-order valence-corrected chi connectivity index (χ2v) is 6.15. The molecule has 1 aliphatic heterocycles. The highest BCUT2D eigenvalue weighted by atomic mass is 19.1. The molecule has 2 amide bonds. The number of ether oxygens (including phenoxy) is 1. The maximum atomic E-state index is 12.1. The van der Waals surface area contributed by atoms with E-state index in [2.05, 4.69) is 14.9 Å². The number of rotatable bonds is 5. The summed E-state index contributed by atoms with van der Waals surface area (Å²) in [4.78, 5) is 34.1. The predicted molar refractivity (Wildman–Crippen MR) is 100.0 cm³/mol. The molecule has 0 spiro atoms. The highest BCUT2D eigenvalue weighted by molar-refractivity contribution is 6.03. The fraction of sp³-hybridized carbons (Fsp3) is 0.333. The number of amides is 2. The van der Waals surface area contributed by atoms with Crippen molar-refractivity contribution < 1.29 is 18.7 Å². The summed E-state index contributed by atoms with van der Waals surface area (Å²) in [5.41, 5.74) is 7.14. The van der Waals surface area contributed by atoms with Crippen LogP contribution in [-0.2, 0) is 9.53 Å². The number of hydrogen-bond donors (Lipinski definition) is 2. The molecular weight excluding hydrogens is 367 g/mol. The van der Waals surface area contributed by atoms with Crippen LogP contribution in [0.1, 0.15) is 5.56 Å². The van der Waals surface area contributed by atoms with E-state index < -0.39 is 18.7 Å². The molecule has 0 bridgehead atoms. The van der Waals surface area contributed by atoms with Crippen LogP contribution >= 0.6 is 0 Å². The topological polar surface area (TPSA) is 128 Å². The van der Waals surface area contributed by atoms with Crippen LogP contribution < -0.4 is 10.6 Å².